The number of nitrogens with one attached hydrogen (secondary N) is 1. The molecule has 0 fully saturated rings. The van der Waals surface area contributed by atoms with Crippen molar-refractivity contribution in [3.8, 4) is 0 Å². The molecule has 1 rings (SSSR count). The van der Waals surface area contributed by atoms with E-state index in [9.17, 15) is 12.8 Å². The van der Waals surface area contributed by atoms with Crippen LogP contribution in [0.3, 0.4) is 0 Å². The van der Waals surface area contributed by atoms with Crippen LogP contribution in [0.15, 0.2) is 17.0 Å². The number of benzene rings is 1. The van der Waals surface area contributed by atoms with Crippen molar-refractivity contribution in [2.75, 3.05) is 26.4 Å². The van der Waals surface area contributed by atoms with Gasteiger partial charge >= 0.3 is 0 Å². The largest absolute Gasteiger partial charge is 0.396 e. The molecule has 0 spiro atoms. The van der Waals surface area contributed by atoms with Gasteiger partial charge in [0.15, 0.2) is 5.82 Å². The molecule has 8 heteroatoms. The van der Waals surface area contributed by atoms with Gasteiger partial charge < -0.3 is 10.6 Å². The third kappa shape index (κ3) is 4.31. The van der Waals surface area contributed by atoms with Gasteiger partial charge in [0.2, 0.25) is 10.0 Å². The Kier molecular flexibility index (Phi) is 5.14. The predicted octanol–water partition coefficient (Wildman–Crippen LogP) is 1.29. The quantitative estimate of drug-likeness (QED) is 0.804. The second-order valence-corrected chi connectivity index (χ2v) is 6.71. The average molecular weight is 310 g/mol. The van der Waals surface area contributed by atoms with Crippen LogP contribution in [0.25, 0.3) is 0 Å². The summed E-state index contributed by atoms with van der Waals surface area (Å²) in [4.78, 5) is 1.28. The molecule has 0 aliphatic heterocycles. The maximum Gasteiger partial charge on any atom is 0.243 e. The van der Waals surface area contributed by atoms with Crippen molar-refractivity contribution < 1.29 is 12.8 Å². The van der Waals surface area contributed by atoms with Crippen molar-refractivity contribution in [3.05, 3.63) is 23.0 Å². The summed E-state index contributed by atoms with van der Waals surface area (Å²) < 4.78 is 40.3. The predicted molar refractivity (Wildman–Crippen MR) is 74.2 cm³/mol. The van der Waals surface area contributed by atoms with Crippen LogP contribution in [0, 0.1) is 5.82 Å². The van der Waals surface area contributed by atoms with Gasteiger partial charge in [0.1, 0.15) is 4.90 Å². The van der Waals surface area contributed by atoms with E-state index in [-0.39, 0.29) is 16.8 Å². The summed E-state index contributed by atoms with van der Waals surface area (Å²) in [6.45, 7) is 2.17. The van der Waals surface area contributed by atoms with Crippen LogP contribution >= 0.6 is 11.6 Å². The van der Waals surface area contributed by atoms with E-state index >= 15 is 0 Å². The van der Waals surface area contributed by atoms with Gasteiger partial charge in [0.05, 0.1) is 5.69 Å². The second kappa shape index (κ2) is 6.04. The van der Waals surface area contributed by atoms with Gasteiger partial charge in [-0.1, -0.05) is 11.6 Å². The summed E-state index contributed by atoms with van der Waals surface area (Å²) in [5, 5.41) is 0.0690. The number of sulfonamides is 1. The van der Waals surface area contributed by atoms with Crippen molar-refractivity contribution in [3.63, 3.8) is 0 Å². The van der Waals surface area contributed by atoms with Gasteiger partial charge in [-0.2, -0.15) is 0 Å². The summed E-state index contributed by atoms with van der Waals surface area (Å²) >= 11 is 5.70. The van der Waals surface area contributed by atoms with E-state index in [1.165, 1.54) is 6.07 Å². The molecule has 1 aromatic carbocycles. The first-order valence-corrected chi connectivity index (χ1v) is 7.41. The standard InChI is InChI=1S/C11H17ClFN3O2S/c1-7(6-16(2)3)15-19(17,18)10-5-8(12)4-9(14)11(10)13/h4-5,7,15H,6,14H2,1-3H3. The number of hydrogen-bond acceptors (Lipinski definition) is 4. The smallest absolute Gasteiger partial charge is 0.243 e. The third-order valence-corrected chi connectivity index (χ3v) is 4.12. The summed E-state index contributed by atoms with van der Waals surface area (Å²) in [7, 11) is -0.380. The Bertz CT molecular complexity index is 563. The molecule has 0 aromatic heterocycles. The maximum atomic E-state index is 13.8. The Morgan fingerprint density at radius 1 is 1.47 bits per heavy atom. The zero-order chi connectivity index (χ0) is 14.8. The van der Waals surface area contributed by atoms with Gasteiger partial charge in [0, 0.05) is 17.6 Å². The van der Waals surface area contributed by atoms with Gasteiger partial charge in [-0.05, 0) is 33.2 Å². The average Bonchev–Trinajstić information content (AvgIpc) is 2.20. The van der Waals surface area contributed by atoms with E-state index in [2.05, 4.69) is 4.72 Å². The molecule has 0 aliphatic rings. The number of nitrogens with zero attached hydrogens (tertiary/aromatic N) is 1. The molecule has 0 saturated carbocycles. The first-order chi connectivity index (χ1) is 8.63. The Morgan fingerprint density at radius 3 is 2.58 bits per heavy atom. The minimum absolute atomic E-state index is 0.0690. The van der Waals surface area contributed by atoms with Crippen LogP contribution in [0.4, 0.5) is 10.1 Å². The summed E-state index contributed by atoms with van der Waals surface area (Å²) in [6, 6.07) is 1.83. The number of anilines is 1. The molecule has 5 nitrogen and oxygen atoms in total. The van der Waals surface area contributed by atoms with Crippen LogP contribution in [0.2, 0.25) is 5.02 Å². The highest BCUT2D eigenvalue weighted by Crippen LogP contribution is 2.25. The topological polar surface area (TPSA) is 75.4 Å². The Hall–Kier alpha value is -0.890. The SMILES string of the molecule is CC(CN(C)C)NS(=O)(=O)c1cc(Cl)cc(N)c1F. The lowest BCUT2D eigenvalue weighted by Crippen LogP contribution is -2.39. The van der Waals surface area contributed by atoms with Crippen molar-refractivity contribution in [2.24, 2.45) is 0 Å². The molecular weight excluding hydrogens is 293 g/mol. The number of nitrogen functional groups attached to an aromatic ring is 1. The van der Waals surface area contributed by atoms with Crippen LogP contribution in [-0.2, 0) is 10.0 Å². The fourth-order valence-corrected chi connectivity index (χ4v) is 3.35. The summed E-state index contributed by atoms with van der Waals surface area (Å²) in [5.74, 6) is -0.992. The minimum atomic E-state index is -4.00. The van der Waals surface area contributed by atoms with Gasteiger partial charge in [-0.25, -0.2) is 17.5 Å². The van der Waals surface area contributed by atoms with Crippen molar-refractivity contribution in [2.45, 2.75) is 17.9 Å². The molecule has 1 atom stereocenters. The fourth-order valence-electron chi connectivity index (χ4n) is 1.69. The molecule has 1 aromatic rings. The molecule has 0 heterocycles. The van der Waals surface area contributed by atoms with Gasteiger partial charge in [0.25, 0.3) is 0 Å². The van der Waals surface area contributed by atoms with E-state index in [0.29, 0.717) is 6.54 Å². The maximum absolute atomic E-state index is 13.8. The second-order valence-electron chi connectivity index (χ2n) is 4.59. The van der Waals surface area contributed by atoms with Gasteiger partial charge in [-0.3, -0.25) is 0 Å². The Labute approximate surface area is 117 Å². The van der Waals surface area contributed by atoms with Crippen LogP contribution in [-0.4, -0.2) is 40.0 Å². The Morgan fingerprint density at radius 2 is 2.05 bits per heavy atom. The molecule has 1 unspecified atom stereocenters. The number of likely N-dealkylation sites (N-methyl/N-ethyl adjacent to an activating group) is 1. The van der Waals surface area contributed by atoms with E-state index in [1.807, 2.05) is 19.0 Å². The number of halogens is 2. The molecule has 19 heavy (non-hydrogen) atoms. The van der Waals surface area contributed by atoms with E-state index in [0.717, 1.165) is 6.07 Å². The lowest BCUT2D eigenvalue weighted by molar-refractivity contribution is 0.370. The third-order valence-electron chi connectivity index (χ3n) is 2.32. The molecule has 3 N–H and O–H groups in total. The highest BCUT2D eigenvalue weighted by atomic mass is 35.5. The molecule has 0 amide bonds. The van der Waals surface area contributed by atoms with E-state index < -0.39 is 20.7 Å². The van der Waals surface area contributed by atoms with Crippen molar-refractivity contribution >= 4 is 27.3 Å². The van der Waals surface area contributed by atoms with Crippen LogP contribution in [0.1, 0.15) is 6.92 Å². The molecule has 0 aliphatic carbocycles. The summed E-state index contributed by atoms with van der Waals surface area (Å²) in [5.41, 5.74) is 5.07. The van der Waals surface area contributed by atoms with Crippen LogP contribution in [0.5, 0.6) is 0 Å². The van der Waals surface area contributed by atoms with Crippen LogP contribution < -0.4 is 10.5 Å². The highest BCUT2D eigenvalue weighted by Gasteiger charge is 2.23. The lowest BCUT2D eigenvalue weighted by atomic mass is 10.3. The highest BCUT2D eigenvalue weighted by molar-refractivity contribution is 7.89. The first-order valence-electron chi connectivity index (χ1n) is 5.55. The van der Waals surface area contributed by atoms with E-state index in [4.69, 9.17) is 17.3 Å². The molecule has 0 radical (unpaired) electrons. The zero-order valence-corrected chi connectivity index (χ0v) is 12.5. The molecular formula is C11H17ClFN3O2S. The number of nitrogens with two attached hydrogens (primary N) is 1. The lowest BCUT2D eigenvalue weighted by Gasteiger charge is -2.18. The fraction of sp³-hybridized carbons (Fsp3) is 0.455. The molecule has 0 bridgehead atoms. The number of rotatable bonds is 5. The minimum Gasteiger partial charge on any atom is -0.396 e. The van der Waals surface area contributed by atoms with E-state index in [1.54, 1.807) is 6.92 Å². The number of hydrogen-bond donors (Lipinski definition) is 2. The molecule has 108 valence electrons. The first kappa shape index (κ1) is 16.2. The van der Waals surface area contributed by atoms with Crippen molar-refractivity contribution in [1.29, 1.82) is 0 Å². The summed E-state index contributed by atoms with van der Waals surface area (Å²) in [6.07, 6.45) is 0. The normalized spacial score (nSPS) is 13.8. The monoisotopic (exact) mass is 309 g/mol. The molecule has 0 saturated heterocycles. The van der Waals surface area contributed by atoms with Crippen molar-refractivity contribution in [1.82, 2.24) is 9.62 Å². The zero-order valence-electron chi connectivity index (χ0n) is 10.9. The van der Waals surface area contributed by atoms with Gasteiger partial charge in [-0.15, -0.1) is 0 Å². The Balaban J connectivity index is 3.07.